The van der Waals surface area contributed by atoms with Crippen molar-refractivity contribution in [2.75, 3.05) is 13.7 Å². The van der Waals surface area contributed by atoms with Crippen LogP contribution < -0.4 is 10.1 Å². The third-order valence-electron chi connectivity index (χ3n) is 3.05. The molecule has 2 rings (SSSR count). The van der Waals surface area contributed by atoms with Crippen LogP contribution in [0, 0.1) is 12.3 Å². The van der Waals surface area contributed by atoms with E-state index in [0.29, 0.717) is 24.4 Å². The molecule has 0 bridgehead atoms. The molecule has 21 heavy (non-hydrogen) atoms. The molecule has 5 heteroatoms. The molecule has 1 aromatic heterocycles. The number of amides is 1. The maximum atomic E-state index is 12.1. The third kappa shape index (κ3) is 3.23. The van der Waals surface area contributed by atoms with Crippen LogP contribution in [0.5, 0.6) is 5.75 Å². The minimum atomic E-state index is -0.193. The van der Waals surface area contributed by atoms with Gasteiger partial charge in [0.25, 0.3) is 5.91 Å². The molecule has 108 valence electrons. The highest BCUT2D eigenvalue weighted by Gasteiger charge is 2.15. The van der Waals surface area contributed by atoms with Crippen LogP contribution in [0.25, 0.3) is 11.3 Å². The highest BCUT2D eigenvalue weighted by atomic mass is 16.5. The van der Waals surface area contributed by atoms with Crippen molar-refractivity contribution in [3.63, 3.8) is 0 Å². The zero-order valence-corrected chi connectivity index (χ0v) is 12.1. The molecule has 0 spiro atoms. The number of nitrogens with one attached hydrogen (secondary N) is 1. The summed E-state index contributed by atoms with van der Waals surface area (Å²) in [6, 6.07) is 9.29. The molecule has 1 amide bonds. The van der Waals surface area contributed by atoms with Crippen LogP contribution in [0.15, 0.2) is 30.3 Å². The first-order chi connectivity index (χ1) is 10.2. The number of aromatic nitrogens is 2. The van der Waals surface area contributed by atoms with Crippen LogP contribution in [0.2, 0.25) is 0 Å². The van der Waals surface area contributed by atoms with Crippen molar-refractivity contribution in [2.24, 2.45) is 7.05 Å². The van der Waals surface area contributed by atoms with Crippen LogP contribution in [-0.4, -0.2) is 29.3 Å². The Balaban J connectivity index is 2.27. The quantitative estimate of drug-likeness (QED) is 0.673. The number of carbonyl (C=O) groups is 1. The van der Waals surface area contributed by atoms with Crippen LogP contribution in [-0.2, 0) is 7.05 Å². The summed E-state index contributed by atoms with van der Waals surface area (Å²) >= 11 is 0. The van der Waals surface area contributed by atoms with E-state index in [4.69, 9.17) is 11.2 Å². The molecule has 0 saturated carbocycles. The van der Waals surface area contributed by atoms with Gasteiger partial charge in [0.05, 0.1) is 12.8 Å². The van der Waals surface area contributed by atoms with Gasteiger partial charge < -0.3 is 10.1 Å². The highest BCUT2D eigenvalue weighted by molar-refractivity contribution is 5.93. The van der Waals surface area contributed by atoms with Crippen molar-refractivity contribution >= 4 is 5.91 Å². The van der Waals surface area contributed by atoms with Crippen LogP contribution in [0.4, 0.5) is 0 Å². The van der Waals surface area contributed by atoms with E-state index in [1.54, 1.807) is 24.9 Å². The van der Waals surface area contributed by atoms with E-state index < -0.39 is 0 Å². The van der Waals surface area contributed by atoms with Crippen molar-refractivity contribution in [3.8, 4) is 29.4 Å². The second-order valence-electron chi connectivity index (χ2n) is 4.45. The summed E-state index contributed by atoms with van der Waals surface area (Å²) in [6.45, 7) is 0.449. The number of nitrogens with zero attached hydrogens (tertiary/aromatic N) is 2. The third-order valence-corrected chi connectivity index (χ3v) is 3.05. The molecule has 2 aromatic rings. The van der Waals surface area contributed by atoms with Gasteiger partial charge in [-0.1, -0.05) is 12.1 Å². The number of para-hydroxylation sites is 1. The molecular weight excluding hydrogens is 266 g/mol. The van der Waals surface area contributed by atoms with E-state index in [2.05, 4.69) is 16.3 Å². The van der Waals surface area contributed by atoms with Gasteiger partial charge in [0.2, 0.25) is 0 Å². The van der Waals surface area contributed by atoms with E-state index in [0.717, 1.165) is 11.3 Å². The Bertz CT molecular complexity index is 683. The maximum Gasteiger partial charge on any atom is 0.269 e. The standard InChI is InChI=1S/C16H17N3O2/c1-4-5-10-17-16(20)14-11-13(18-19(14)2)12-8-6-7-9-15(12)21-3/h1,6-9,11H,5,10H2,2-3H3,(H,17,20). The Morgan fingerprint density at radius 3 is 2.95 bits per heavy atom. The smallest absolute Gasteiger partial charge is 0.269 e. The number of benzene rings is 1. The Hall–Kier alpha value is -2.74. The second-order valence-corrected chi connectivity index (χ2v) is 4.45. The predicted molar refractivity (Wildman–Crippen MR) is 81.0 cm³/mol. The van der Waals surface area contributed by atoms with Crippen molar-refractivity contribution in [1.82, 2.24) is 15.1 Å². The first-order valence-corrected chi connectivity index (χ1v) is 6.56. The minimum Gasteiger partial charge on any atom is -0.496 e. The first kappa shape index (κ1) is 14.7. The van der Waals surface area contributed by atoms with Gasteiger partial charge in [-0.25, -0.2) is 0 Å². The fourth-order valence-electron chi connectivity index (χ4n) is 2.01. The highest BCUT2D eigenvalue weighted by Crippen LogP contribution is 2.28. The van der Waals surface area contributed by atoms with E-state index in [9.17, 15) is 4.79 Å². The molecular formula is C16H17N3O2. The zero-order chi connectivity index (χ0) is 15.2. The average molecular weight is 283 g/mol. The molecule has 5 nitrogen and oxygen atoms in total. The number of carbonyl (C=O) groups excluding carboxylic acids is 1. The number of ether oxygens (including phenoxy) is 1. The molecule has 0 radical (unpaired) electrons. The number of rotatable bonds is 5. The molecule has 1 heterocycles. The van der Waals surface area contributed by atoms with E-state index >= 15 is 0 Å². The van der Waals surface area contributed by atoms with Crippen LogP contribution >= 0.6 is 0 Å². The lowest BCUT2D eigenvalue weighted by Gasteiger charge is -2.04. The van der Waals surface area contributed by atoms with E-state index in [1.165, 1.54) is 0 Å². The summed E-state index contributed by atoms with van der Waals surface area (Å²) in [5.41, 5.74) is 2.02. The number of aryl methyl sites for hydroxylation is 1. The predicted octanol–water partition coefficient (Wildman–Crippen LogP) is 1.85. The Labute approximate surface area is 123 Å². The van der Waals surface area contributed by atoms with E-state index in [-0.39, 0.29) is 5.91 Å². The Morgan fingerprint density at radius 1 is 1.48 bits per heavy atom. The van der Waals surface area contributed by atoms with Crippen molar-refractivity contribution < 1.29 is 9.53 Å². The number of terminal acetylenes is 1. The normalized spacial score (nSPS) is 9.95. The lowest BCUT2D eigenvalue weighted by atomic mass is 10.1. The van der Waals surface area contributed by atoms with Crippen LogP contribution in [0.1, 0.15) is 16.9 Å². The van der Waals surface area contributed by atoms with Gasteiger partial charge in [-0.2, -0.15) is 5.10 Å². The SMILES string of the molecule is C#CCCNC(=O)c1cc(-c2ccccc2OC)nn1C. The van der Waals surface area contributed by atoms with Crippen molar-refractivity contribution in [1.29, 1.82) is 0 Å². The van der Waals surface area contributed by atoms with E-state index in [1.807, 2.05) is 24.3 Å². The molecule has 0 atom stereocenters. The summed E-state index contributed by atoms with van der Waals surface area (Å²) in [6.07, 6.45) is 5.67. The number of hydrogen-bond acceptors (Lipinski definition) is 3. The molecule has 0 aliphatic rings. The summed E-state index contributed by atoms with van der Waals surface area (Å²) < 4.78 is 6.87. The lowest BCUT2D eigenvalue weighted by Crippen LogP contribution is -2.26. The van der Waals surface area contributed by atoms with Gasteiger partial charge in [-0.15, -0.1) is 12.3 Å². The monoisotopic (exact) mass is 283 g/mol. The molecule has 0 saturated heterocycles. The molecule has 0 aliphatic carbocycles. The number of hydrogen-bond donors (Lipinski definition) is 1. The van der Waals surface area contributed by atoms with Gasteiger partial charge in [0.1, 0.15) is 11.4 Å². The lowest BCUT2D eigenvalue weighted by molar-refractivity contribution is 0.0945. The molecule has 0 fully saturated rings. The molecule has 1 aromatic carbocycles. The largest absolute Gasteiger partial charge is 0.496 e. The Kier molecular flexibility index (Phi) is 4.62. The summed E-state index contributed by atoms with van der Waals surface area (Å²) in [5, 5.41) is 7.13. The van der Waals surface area contributed by atoms with Gasteiger partial charge in [-0.3, -0.25) is 9.48 Å². The summed E-state index contributed by atoms with van der Waals surface area (Å²) in [5.74, 6) is 3.01. The average Bonchev–Trinajstić information content (AvgIpc) is 2.89. The van der Waals surface area contributed by atoms with Gasteiger partial charge in [0, 0.05) is 25.6 Å². The zero-order valence-electron chi connectivity index (χ0n) is 12.1. The van der Waals surface area contributed by atoms with Crippen molar-refractivity contribution in [3.05, 3.63) is 36.0 Å². The Morgan fingerprint density at radius 2 is 2.24 bits per heavy atom. The summed E-state index contributed by atoms with van der Waals surface area (Å²) in [7, 11) is 3.34. The minimum absolute atomic E-state index is 0.193. The maximum absolute atomic E-state index is 12.1. The topological polar surface area (TPSA) is 56.1 Å². The van der Waals surface area contributed by atoms with Gasteiger partial charge in [0.15, 0.2) is 0 Å². The fourth-order valence-corrected chi connectivity index (χ4v) is 2.01. The fraction of sp³-hybridized carbons (Fsp3) is 0.250. The first-order valence-electron chi connectivity index (χ1n) is 6.56. The second kappa shape index (κ2) is 6.62. The molecule has 1 N–H and O–H groups in total. The van der Waals surface area contributed by atoms with Crippen LogP contribution in [0.3, 0.4) is 0 Å². The summed E-state index contributed by atoms with van der Waals surface area (Å²) in [4.78, 5) is 12.1. The molecule has 0 aliphatic heterocycles. The van der Waals surface area contributed by atoms with Gasteiger partial charge in [-0.05, 0) is 18.2 Å². The van der Waals surface area contributed by atoms with Gasteiger partial charge >= 0.3 is 0 Å². The number of methoxy groups -OCH3 is 1. The molecule has 0 unspecified atom stereocenters. The van der Waals surface area contributed by atoms with Crippen molar-refractivity contribution in [2.45, 2.75) is 6.42 Å².